The number of nitrogens with one attached hydrogen (secondary N) is 2. The number of hydrogen-bond acceptors (Lipinski definition) is 5. The second kappa shape index (κ2) is 10.6. The maximum Gasteiger partial charge on any atom is 0.252 e. The van der Waals surface area contributed by atoms with Crippen LogP contribution in [-0.2, 0) is 0 Å². The van der Waals surface area contributed by atoms with Gasteiger partial charge in [0, 0.05) is 29.4 Å². The summed E-state index contributed by atoms with van der Waals surface area (Å²) in [4.78, 5) is 28.8. The summed E-state index contributed by atoms with van der Waals surface area (Å²) in [6, 6.07) is 22.9. The van der Waals surface area contributed by atoms with E-state index in [-0.39, 0.29) is 5.91 Å². The summed E-state index contributed by atoms with van der Waals surface area (Å²) in [5, 5.41) is 7.01. The third-order valence-corrected chi connectivity index (χ3v) is 5.57. The van der Waals surface area contributed by atoms with Crippen molar-refractivity contribution in [2.24, 2.45) is 11.5 Å². The van der Waals surface area contributed by atoms with E-state index in [1.54, 1.807) is 0 Å². The van der Waals surface area contributed by atoms with Crippen LogP contribution in [0.1, 0.15) is 33.6 Å². The molecule has 172 valence electrons. The highest BCUT2D eigenvalue weighted by Crippen LogP contribution is 2.32. The van der Waals surface area contributed by atoms with E-state index in [1.165, 1.54) is 6.20 Å². The summed E-state index contributed by atoms with van der Waals surface area (Å²) in [5.41, 5.74) is 16.1. The second-order valence-electron chi connectivity index (χ2n) is 7.96. The molecule has 1 aromatic heterocycles. The SMILES string of the molecule is NCCCCNC(=O)c1ccc(-c2ccc3c(Nc4ccccc4)c(C(N)=O)cnc3c2)cc1. The number of benzene rings is 3. The summed E-state index contributed by atoms with van der Waals surface area (Å²) in [7, 11) is 0. The molecule has 34 heavy (non-hydrogen) atoms. The van der Waals surface area contributed by atoms with E-state index in [4.69, 9.17) is 11.5 Å². The smallest absolute Gasteiger partial charge is 0.252 e. The Kier molecular flexibility index (Phi) is 7.15. The summed E-state index contributed by atoms with van der Waals surface area (Å²) in [5.74, 6) is -0.645. The van der Waals surface area contributed by atoms with E-state index in [0.29, 0.717) is 29.9 Å². The molecule has 6 N–H and O–H groups in total. The molecule has 7 heteroatoms. The number of primary amides is 1. The zero-order valence-electron chi connectivity index (χ0n) is 18.8. The van der Waals surface area contributed by atoms with Crippen LogP contribution in [-0.4, -0.2) is 29.9 Å². The molecule has 0 spiro atoms. The lowest BCUT2D eigenvalue weighted by Crippen LogP contribution is -2.24. The summed E-state index contributed by atoms with van der Waals surface area (Å²) >= 11 is 0. The molecule has 0 atom stereocenters. The molecule has 1 heterocycles. The monoisotopic (exact) mass is 453 g/mol. The van der Waals surface area contributed by atoms with Gasteiger partial charge in [0.2, 0.25) is 0 Å². The van der Waals surface area contributed by atoms with E-state index in [2.05, 4.69) is 15.6 Å². The van der Waals surface area contributed by atoms with Crippen LogP contribution in [0.2, 0.25) is 0 Å². The average Bonchev–Trinajstić information content (AvgIpc) is 2.87. The number of nitrogens with two attached hydrogens (primary N) is 2. The molecular weight excluding hydrogens is 426 g/mol. The van der Waals surface area contributed by atoms with Crippen LogP contribution >= 0.6 is 0 Å². The Balaban J connectivity index is 1.61. The van der Waals surface area contributed by atoms with E-state index in [1.807, 2.05) is 72.8 Å². The molecule has 7 nitrogen and oxygen atoms in total. The minimum atomic E-state index is -0.547. The first kappa shape index (κ1) is 22.9. The normalized spacial score (nSPS) is 10.7. The van der Waals surface area contributed by atoms with Crippen LogP contribution < -0.4 is 22.1 Å². The highest BCUT2D eigenvalue weighted by molar-refractivity contribution is 6.08. The largest absolute Gasteiger partial charge is 0.365 e. The third-order valence-electron chi connectivity index (χ3n) is 5.57. The molecular formula is C27H27N5O2. The topological polar surface area (TPSA) is 123 Å². The summed E-state index contributed by atoms with van der Waals surface area (Å²) < 4.78 is 0. The minimum absolute atomic E-state index is 0.0978. The van der Waals surface area contributed by atoms with Crippen LogP contribution in [0, 0.1) is 0 Å². The Bertz CT molecular complexity index is 1300. The number of hydrogen-bond donors (Lipinski definition) is 4. The summed E-state index contributed by atoms with van der Waals surface area (Å²) in [6.07, 6.45) is 3.25. The Labute approximate surface area is 198 Å². The first-order valence-corrected chi connectivity index (χ1v) is 11.2. The number of rotatable bonds is 9. The maximum absolute atomic E-state index is 12.3. The standard InChI is InChI=1S/C27H27N5O2/c28-14-4-5-15-30-27(34)19-10-8-18(9-11-19)20-12-13-22-24(16-20)31-17-23(26(29)33)25(22)32-21-6-2-1-3-7-21/h1-3,6-13,16-17H,4-5,14-15,28H2,(H2,29,33)(H,30,34)(H,31,32). The van der Waals surface area contributed by atoms with Gasteiger partial charge in [-0.15, -0.1) is 0 Å². The molecule has 2 amide bonds. The van der Waals surface area contributed by atoms with Crippen LogP contribution in [0.5, 0.6) is 0 Å². The Morgan fingerprint density at radius 2 is 1.62 bits per heavy atom. The Morgan fingerprint density at radius 3 is 2.32 bits per heavy atom. The lowest BCUT2D eigenvalue weighted by molar-refractivity contribution is 0.0951. The van der Waals surface area contributed by atoms with Crippen LogP contribution in [0.3, 0.4) is 0 Å². The molecule has 0 radical (unpaired) electrons. The number of pyridine rings is 1. The van der Waals surface area contributed by atoms with Crippen molar-refractivity contribution in [2.75, 3.05) is 18.4 Å². The van der Waals surface area contributed by atoms with Gasteiger partial charge >= 0.3 is 0 Å². The number of amides is 2. The van der Waals surface area contributed by atoms with Gasteiger partial charge in [-0.2, -0.15) is 0 Å². The molecule has 3 aromatic carbocycles. The van der Waals surface area contributed by atoms with E-state index in [9.17, 15) is 9.59 Å². The number of carbonyl (C=O) groups excluding carboxylic acids is 2. The molecule has 0 saturated carbocycles. The number of para-hydroxylation sites is 1. The molecule has 0 aliphatic carbocycles. The predicted molar refractivity (Wildman–Crippen MR) is 136 cm³/mol. The molecule has 0 fully saturated rings. The zero-order valence-corrected chi connectivity index (χ0v) is 18.8. The molecule has 4 rings (SSSR count). The van der Waals surface area contributed by atoms with Crippen molar-refractivity contribution in [3.63, 3.8) is 0 Å². The fraction of sp³-hybridized carbons (Fsp3) is 0.148. The average molecular weight is 454 g/mol. The number of unbranched alkanes of at least 4 members (excludes halogenated alkanes) is 1. The summed E-state index contributed by atoms with van der Waals surface area (Å²) in [6.45, 7) is 1.24. The first-order valence-electron chi connectivity index (χ1n) is 11.2. The van der Waals surface area contributed by atoms with Crippen molar-refractivity contribution < 1.29 is 9.59 Å². The molecule has 0 aliphatic heterocycles. The van der Waals surface area contributed by atoms with Gasteiger partial charge in [0.1, 0.15) is 0 Å². The number of fused-ring (bicyclic) bond motifs is 1. The fourth-order valence-corrected chi connectivity index (χ4v) is 3.75. The van der Waals surface area contributed by atoms with Gasteiger partial charge in [0.05, 0.1) is 16.8 Å². The van der Waals surface area contributed by atoms with Gasteiger partial charge in [-0.25, -0.2) is 0 Å². The first-order chi connectivity index (χ1) is 16.6. The van der Waals surface area contributed by atoms with Crippen LogP contribution in [0.4, 0.5) is 11.4 Å². The van der Waals surface area contributed by atoms with Crippen molar-refractivity contribution in [2.45, 2.75) is 12.8 Å². The van der Waals surface area contributed by atoms with Crippen LogP contribution in [0.15, 0.2) is 79.0 Å². The van der Waals surface area contributed by atoms with E-state index < -0.39 is 5.91 Å². The molecule has 0 saturated heterocycles. The molecule has 0 unspecified atom stereocenters. The zero-order chi connectivity index (χ0) is 23.9. The van der Waals surface area contributed by atoms with Crippen molar-refractivity contribution in [1.82, 2.24) is 10.3 Å². The Morgan fingerprint density at radius 1 is 0.882 bits per heavy atom. The number of anilines is 2. The van der Waals surface area contributed by atoms with Gasteiger partial charge in [-0.3, -0.25) is 14.6 Å². The second-order valence-corrected chi connectivity index (χ2v) is 7.96. The number of carbonyl (C=O) groups is 2. The fourth-order valence-electron chi connectivity index (χ4n) is 3.75. The third kappa shape index (κ3) is 5.22. The van der Waals surface area contributed by atoms with Gasteiger partial charge in [-0.05, 0) is 60.8 Å². The quantitative estimate of drug-likeness (QED) is 0.283. The lowest BCUT2D eigenvalue weighted by Gasteiger charge is -2.14. The lowest BCUT2D eigenvalue weighted by atomic mass is 10.0. The van der Waals surface area contributed by atoms with E-state index in [0.717, 1.165) is 40.6 Å². The highest BCUT2D eigenvalue weighted by atomic mass is 16.2. The maximum atomic E-state index is 12.3. The van der Waals surface area contributed by atoms with Crippen LogP contribution in [0.25, 0.3) is 22.0 Å². The molecule has 0 bridgehead atoms. The van der Waals surface area contributed by atoms with Gasteiger partial charge < -0.3 is 22.1 Å². The van der Waals surface area contributed by atoms with E-state index >= 15 is 0 Å². The number of aromatic nitrogens is 1. The van der Waals surface area contributed by atoms with Crippen molar-refractivity contribution in [3.8, 4) is 11.1 Å². The van der Waals surface area contributed by atoms with Crippen molar-refractivity contribution in [1.29, 1.82) is 0 Å². The van der Waals surface area contributed by atoms with Gasteiger partial charge in [0.25, 0.3) is 11.8 Å². The number of nitrogens with zero attached hydrogens (tertiary/aromatic N) is 1. The molecule has 4 aromatic rings. The molecule has 0 aliphatic rings. The highest BCUT2D eigenvalue weighted by Gasteiger charge is 2.14. The minimum Gasteiger partial charge on any atom is -0.365 e. The van der Waals surface area contributed by atoms with Gasteiger partial charge in [0.15, 0.2) is 0 Å². The Hall–Kier alpha value is -4.23. The van der Waals surface area contributed by atoms with Crippen molar-refractivity contribution in [3.05, 3.63) is 90.1 Å². The van der Waals surface area contributed by atoms with Crippen molar-refractivity contribution >= 4 is 34.1 Å². The predicted octanol–water partition coefficient (Wildman–Crippen LogP) is 4.21. The van der Waals surface area contributed by atoms with Gasteiger partial charge in [-0.1, -0.05) is 42.5 Å².